The lowest BCUT2D eigenvalue weighted by atomic mass is 10.1. The van der Waals surface area contributed by atoms with E-state index in [9.17, 15) is 9.59 Å². The van der Waals surface area contributed by atoms with Crippen molar-refractivity contribution in [2.45, 2.75) is 26.3 Å². The maximum Gasteiger partial charge on any atom is 0.247 e. The molecule has 2 amide bonds. The lowest BCUT2D eigenvalue weighted by molar-refractivity contribution is -0.131. The zero-order valence-corrected chi connectivity index (χ0v) is 12.0. The third kappa shape index (κ3) is 2.27. The average molecular weight is 311 g/mol. The molecule has 0 bridgehead atoms. The van der Waals surface area contributed by atoms with Gasteiger partial charge in [0.05, 0.1) is 6.54 Å². The van der Waals surface area contributed by atoms with E-state index in [-0.39, 0.29) is 18.4 Å². The number of halogens is 1. The van der Waals surface area contributed by atoms with Gasteiger partial charge < -0.3 is 5.32 Å². The fraction of sp³-hybridized carbons (Fsp3) is 0.385. The average Bonchev–Trinajstić information content (AvgIpc) is 2.35. The third-order valence-electron chi connectivity index (χ3n) is 3.12. The summed E-state index contributed by atoms with van der Waals surface area (Å²) in [5.74, 6) is -0.161. The summed E-state index contributed by atoms with van der Waals surface area (Å²) >= 11 is 3.45. The largest absolute Gasteiger partial charge is 0.345 e. The molecule has 1 N–H and O–H groups in total. The second-order valence-corrected chi connectivity index (χ2v) is 5.19. The molecule has 0 spiro atoms. The molecule has 0 aromatic heterocycles. The lowest BCUT2D eigenvalue weighted by Gasteiger charge is -2.34. The van der Waals surface area contributed by atoms with Crippen LogP contribution in [-0.2, 0) is 9.59 Å². The van der Waals surface area contributed by atoms with Gasteiger partial charge in [0.1, 0.15) is 6.04 Å². The zero-order chi connectivity index (χ0) is 13.3. The van der Waals surface area contributed by atoms with Crippen molar-refractivity contribution in [3.8, 4) is 0 Å². The first-order valence-electron chi connectivity index (χ1n) is 5.90. The molecular formula is C13H15BrN2O2. The highest BCUT2D eigenvalue weighted by Crippen LogP contribution is 2.26. The molecule has 2 rings (SSSR count). The number of nitrogens with zero attached hydrogens (tertiary/aromatic N) is 1. The summed E-state index contributed by atoms with van der Waals surface area (Å²) in [7, 11) is 0. The van der Waals surface area contributed by atoms with Gasteiger partial charge in [0.25, 0.3) is 0 Å². The molecule has 1 aliphatic heterocycles. The first-order chi connectivity index (χ1) is 8.54. The van der Waals surface area contributed by atoms with Crippen LogP contribution >= 0.6 is 15.9 Å². The number of piperazine rings is 1. The number of hydrogen-bond donors (Lipinski definition) is 1. The van der Waals surface area contributed by atoms with E-state index in [1.807, 2.05) is 32.0 Å². The number of carbonyl (C=O) groups is 2. The summed E-state index contributed by atoms with van der Waals surface area (Å²) in [4.78, 5) is 25.4. The maximum absolute atomic E-state index is 12.0. The maximum atomic E-state index is 12.0. The molecule has 1 fully saturated rings. The molecule has 1 unspecified atom stereocenters. The number of rotatable bonds is 2. The van der Waals surface area contributed by atoms with Crippen LogP contribution in [-0.4, -0.2) is 24.4 Å². The van der Waals surface area contributed by atoms with Crippen LogP contribution in [0.3, 0.4) is 0 Å². The van der Waals surface area contributed by atoms with Crippen molar-refractivity contribution in [1.82, 2.24) is 5.32 Å². The van der Waals surface area contributed by atoms with Gasteiger partial charge in [0.2, 0.25) is 11.8 Å². The molecule has 1 aromatic carbocycles. The Balaban J connectivity index is 2.41. The van der Waals surface area contributed by atoms with Gasteiger partial charge in [-0.25, -0.2) is 0 Å². The summed E-state index contributed by atoms with van der Waals surface area (Å²) < 4.78 is 0.939. The van der Waals surface area contributed by atoms with E-state index in [0.29, 0.717) is 6.42 Å². The molecule has 4 nitrogen and oxygen atoms in total. The fourth-order valence-corrected chi connectivity index (χ4v) is 2.45. The molecular weight excluding hydrogens is 296 g/mol. The van der Waals surface area contributed by atoms with Crippen LogP contribution in [0.15, 0.2) is 22.7 Å². The number of carbonyl (C=O) groups excluding carboxylic acids is 2. The third-order valence-corrected chi connectivity index (χ3v) is 3.97. The fourth-order valence-electron chi connectivity index (χ4n) is 2.08. The number of aryl methyl sites for hydroxylation is 1. The topological polar surface area (TPSA) is 49.4 Å². The predicted octanol–water partition coefficient (Wildman–Crippen LogP) is 2.00. The van der Waals surface area contributed by atoms with E-state index in [1.54, 1.807) is 4.90 Å². The summed E-state index contributed by atoms with van der Waals surface area (Å²) in [5, 5.41) is 2.62. The Morgan fingerprint density at radius 2 is 2.17 bits per heavy atom. The van der Waals surface area contributed by atoms with Gasteiger partial charge in [-0.1, -0.05) is 28.9 Å². The van der Waals surface area contributed by atoms with Crippen molar-refractivity contribution in [2.75, 3.05) is 11.4 Å². The molecule has 1 atom stereocenters. The molecule has 1 heterocycles. The smallest absolute Gasteiger partial charge is 0.247 e. The van der Waals surface area contributed by atoms with Crippen LogP contribution in [0.5, 0.6) is 0 Å². The van der Waals surface area contributed by atoms with E-state index < -0.39 is 6.04 Å². The quantitative estimate of drug-likeness (QED) is 0.908. The normalized spacial score (nSPS) is 19.9. The molecule has 0 saturated carbocycles. The number of amides is 2. The van der Waals surface area contributed by atoms with E-state index >= 15 is 0 Å². The van der Waals surface area contributed by atoms with Crippen molar-refractivity contribution in [3.05, 3.63) is 28.2 Å². The van der Waals surface area contributed by atoms with E-state index in [2.05, 4.69) is 21.2 Å². The Morgan fingerprint density at radius 3 is 2.78 bits per heavy atom. The van der Waals surface area contributed by atoms with Crippen molar-refractivity contribution >= 4 is 33.4 Å². The van der Waals surface area contributed by atoms with Crippen molar-refractivity contribution in [1.29, 1.82) is 0 Å². The minimum absolute atomic E-state index is 0.0703. The highest BCUT2D eigenvalue weighted by molar-refractivity contribution is 9.10. The monoisotopic (exact) mass is 310 g/mol. The van der Waals surface area contributed by atoms with E-state index in [0.717, 1.165) is 15.7 Å². The van der Waals surface area contributed by atoms with Gasteiger partial charge in [0, 0.05) is 10.2 Å². The van der Waals surface area contributed by atoms with Gasteiger partial charge in [-0.3, -0.25) is 14.5 Å². The van der Waals surface area contributed by atoms with Crippen LogP contribution in [0.2, 0.25) is 0 Å². The summed E-state index contributed by atoms with van der Waals surface area (Å²) in [6, 6.07) is 5.28. The Hall–Kier alpha value is -1.36. The number of benzene rings is 1. The lowest BCUT2D eigenvalue weighted by Crippen LogP contribution is -2.58. The molecule has 5 heteroatoms. The van der Waals surface area contributed by atoms with E-state index in [4.69, 9.17) is 0 Å². The van der Waals surface area contributed by atoms with Crippen LogP contribution in [0.4, 0.5) is 5.69 Å². The van der Waals surface area contributed by atoms with Crippen LogP contribution in [0.1, 0.15) is 18.9 Å². The summed E-state index contributed by atoms with van der Waals surface area (Å²) in [5.41, 5.74) is 1.86. The summed E-state index contributed by atoms with van der Waals surface area (Å²) in [6.45, 7) is 3.95. The molecule has 1 saturated heterocycles. The second kappa shape index (κ2) is 5.10. The van der Waals surface area contributed by atoms with Gasteiger partial charge in [0.15, 0.2) is 0 Å². The van der Waals surface area contributed by atoms with Gasteiger partial charge >= 0.3 is 0 Å². The van der Waals surface area contributed by atoms with Crippen molar-refractivity contribution in [3.63, 3.8) is 0 Å². The second-order valence-electron chi connectivity index (χ2n) is 4.34. The Kier molecular flexibility index (Phi) is 3.71. The van der Waals surface area contributed by atoms with Crippen LogP contribution < -0.4 is 10.2 Å². The van der Waals surface area contributed by atoms with Gasteiger partial charge in [-0.15, -0.1) is 0 Å². The molecule has 0 radical (unpaired) electrons. The van der Waals surface area contributed by atoms with Crippen LogP contribution in [0.25, 0.3) is 0 Å². The predicted molar refractivity (Wildman–Crippen MR) is 73.5 cm³/mol. The standard InChI is InChI=1S/C13H15BrN2O2/c1-3-11-13(18)15-7-12(17)16(11)9-5-4-8(2)10(14)6-9/h4-6,11H,3,7H2,1-2H3,(H,15,18). The van der Waals surface area contributed by atoms with Gasteiger partial charge in [-0.05, 0) is 31.0 Å². The first kappa shape index (κ1) is 13.1. The number of anilines is 1. The highest BCUT2D eigenvalue weighted by atomic mass is 79.9. The van der Waals surface area contributed by atoms with Crippen molar-refractivity contribution < 1.29 is 9.59 Å². The number of hydrogen-bond acceptors (Lipinski definition) is 2. The highest BCUT2D eigenvalue weighted by Gasteiger charge is 2.34. The first-order valence-corrected chi connectivity index (χ1v) is 6.69. The molecule has 96 valence electrons. The molecule has 0 aliphatic carbocycles. The minimum Gasteiger partial charge on any atom is -0.345 e. The SMILES string of the molecule is CCC1C(=O)NCC(=O)N1c1ccc(C)c(Br)c1. The molecule has 18 heavy (non-hydrogen) atoms. The zero-order valence-electron chi connectivity index (χ0n) is 10.4. The van der Waals surface area contributed by atoms with E-state index in [1.165, 1.54) is 0 Å². The Bertz CT molecular complexity index is 502. The summed E-state index contributed by atoms with van der Waals surface area (Å²) in [6.07, 6.45) is 0.600. The van der Waals surface area contributed by atoms with Crippen LogP contribution in [0, 0.1) is 6.92 Å². The van der Waals surface area contributed by atoms with Gasteiger partial charge in [-0.2, -0.15) is 0 Å². The minimum atomic E-state index is -0.416. The molecule has 1 aliphatic rings. The Labute approximate surface area is 114 Å². The number of nitrogens with one attached hydrogen (secondary N) is 1. The Morgan fingerprint density at radius 1 is 1.44 bits per heavy atom. The van der Waals surface area contributed by atoms with Crippen molar-refractivity contribution in [2.24, 2.45) is 0 Å². The molecule has 1 aromatic rings.